The zero-order valence-corrected chi connectivity index (χ0v) is 12.5. The Hall–Kier alpha value is -0.160. The van der Waals surface area contributed by atoms with Crippen molar-refractivity contribution < 1.29 is 4.74 Å². The maximum atomic E-state index is 5.97. The number of likely N-dealkylation sites (tertiary alicyclic amines) is 1. The molecule has 110 valence electrons. The van der Waals surface area contributed by atoms with Crippen LogP contribution in [0.2, 0.25) is 0 Å². The number of hydrogen-bond donors (Lipinski definition) is 1. The second-order valence-corrected chi connectivity index (χ2v) is 7.04. The molecule has 0 saturated carbocycles. The van der Waals surface area contributed by atoms with Crippen molar-refractivity contribution in [3.8, 4) is 0 Å². The summed E-state index contributed by atoms with van der Waals surface area (Å²) in [4.78, 5) is 5.22. The minimum absolute atomic E-state index is 0.430. The topological polar surface area (TPSA) is 27.7 Å². The first-order chi connectivity index (χ1) is 9.20. The van der Waals surface area contributed by atoms with Gasteiger partial charge in [-0.25, -0.2) is 0 Å². The number of nitrogens with one attached hydrogen (secondary N) is 1. The molecule has 3 aliphatic heterocycles. The number of rotatable bonds is 4. The van der Waals surface area contributed by atoms with Gasteiger partial charge in [-0.05, 0) is 30.8 Å². The van der Waals surface area contributed by atoms with Crippen molar-refractivity contribution in [2.45, 2.75) is 20.0 Å². The van der Waals surface area contributed by atoms with Crippen LogP contribution in [-0.4, -0.2) is 74.9 Å². The average Bonchev–Trinajstić information content (AvgIpc) is 2.89. The third-order valence-electron chi connectivity index (χ3n) is 4.77. The number of morpholine rings is 1. The largest absolute Gasteiger partial charge is 0.374 e. The van der Waals surface area contributed by atoms with E-state index in [1.807, 2.05) is 0 Å². The van der Waals surface area contributed by atoms with Gasteiger partial charge in [0.15, 0.2) is 0 Å². The second kappa shape index (κ2) is 6.08. The van der Waals surface area contributed by atoms with Gasteiger partial charge in [-0.15, -0.1) is 0 Å². The summed E-state index contributed by atoms with van der Waals surface area (Å²) in [6.45, 7) is 15.1. The van der Waals surface area contributed by atoms with Crippen LogP contribution in [0.25, 0.3) is 0 Å². The number of nitrogens with zero attached hydrogens (tertiary/aromatic N) is 2. The molecule has 3 rings (SSSR count). The molecular weight excluding hydrogens is 238 g/mol. The van der Waals surface area contributed by atoms with E-state index in [2.05, 4.69) is 29.0 Å². The normalized spacial score (nSPS) is 37.1. The van der Waals surface area contributed by atoms with E-state index in [1.54, 1.807) is 0 Å². The van der Waals surface area contributed by atoms with Gasteiger partial charge in [0.1, 0.15) is 0 Å². The van der Waals surface area contributed by atoms with Gasteiger partial charge in [-0.3, -0.25) is 4.90 Å². The van der Waals surface area contributed by atoms with Crippen LogP contribution in [0.15, 0.2) is 0 Å². The van der Waals surface area contributed by atoms with Gasteiger partial charge in [0.2, 0.25) is 0 Å². The van der Waals surface area contributed by atoms with E-state index >= 15 is 0 Å². The summed E-state index contributed by atoms with van der Waals surface area (Å²) in [5.41, 5.74) is 0. The fraction of sp³-hybridized carbons (Fsp3) is 1.00. The first-order valence-corrected chi connectivity index (χ1v) is 7.97. The molecule has 0 aromatic carbocycles. The fourth-order valence-electron chi connectivity index (χ4n) is 3.96. The summed E-state index contributed by atoms with van der Waals surface area (Å²) in [5, 5.41) is 3.51. The Bertz CT molecular complexity index is 285. The predicted molar refractivity (Wildman–Crippen MR) is 77.3 cm³/mol. The molecule has 0 aliphatic carbocycles. The Balaban J connectivity index is 1.45. The van der Waals surface area contributed by atoms with Gasteiger partial charge in [0.25, 0.3) is 0 Å². The van der Waals surface area contributed by atoms with Crippen LogP contribution in [0.4, 0.5) is 0 Å². The van der Waals surface area contributed by atoms with Gasteiger partial charge < -0.3 is 15.0 Å². The summed E-state index contributed by atoms with van der Waals surface area (Å²) in [6.07, 6.45) is 0.430. The van der Waals surface area contributed by atoms with Gasteiger partial charge >= 0.3 is 0 Å². The standard InChI is InChI=1S/C15H29N3O/c1-12(2)7-17-3-4-19-15(10-17)11-18-8-13-5-16-6-14(13)9-18/h12-16H,3-11H2,1-2H3/t13-,14+,15?. The molecule has 1 N–H and O–H groups in total. The lowest BCUT2D eigenvalue weighted by Crippen LogP contribution is -2.48. The Labute approximate surface area is 117 Å². The maximum absolute atomic E-state index is 5.97. The number of ether oxygens (including phenoxy) is 1. The molecule has 0 amide bonds. The molecule has 0 aromatic rings. The summed E-state index contributed by atoms with van der Waals surface area (Å²) >= 11 is 0. The monoisotopic (exact) mass is 267 g/mol. The average molecular weight is 267 g/mol. The summed E-state index contributed by atoms with van der Waals surface area (Å²) in [6, 6.07) is 0. The summed E-state index contributed by atoms with van der Waals surface area (Å²) in [5.74, 6) is 2.56. The summed E-state index contributed by atoms with van der Waals surface area (Å²) < 4.78 is 5.97. The highest BCUT2D eigenvalue weighted by Crippen LogP contribution is 2.26. The third kappa shape index (κ3) is 3.48. The second-order valence-electron chi connectivity index (χ2n) is 7.04. The van der Waals surface area contributed by atoms with Crippen molar-refractivity contribution in [3.05, 3.63) is 0 Å². The molecule has 3 aliphatic rings. The molecule has 3 heterocycles. The first kappa shape index (κ1) is 13.8. The van der Waals surface area contributed by atoms with Crippen LogP contribution < -0.4 is 5.32 Å². The molecule has 4 nitrogen and oxygen atoms in total. The van der Waals surface area contributed by atoms with Crippen molar-refractivity contribution >= 4 is 0 Å². The molecule has 19 heavy (non-hydrogen) atoms. The van der Waals surface area contributed by atoms with Gasteiger partial charge in [0, 0.05) is 39.3 Å². The molecule has 0 radical (unpaired) electrons. The van der Waals surface area contributed by atoms with E-state index < -0.39 is 0 Å². The molecule has 3 fully saturated rings. The molecule has 1 unspecified atom stereocenters. The van der Waals surface area contributed by atoms with E-state index in [0.717, 1.165) is 44.0 Å². The van der Waals surface area contributed by atoms with Gasteiger partial charge in [-0.1, -0.05) is 13.8 Å². The van der Waals surface area contributed by atoms with Crippen LogP contribution in [0, 0.1) is 17.8 Å². The van der Waals surface area contributed by atoms with Crippen LogP contribution in [0.5, 0.6) is 0 Å². The minimum atomic E-state index is 0.430. The lowest BCUT2D eigenvalue weighted by Gasteiger charge is -2.35. The highest BCUT2D eigenvalue weighted by atomic mass is 16.5. The Kier molecular flexibility index (Phi) is 4.42. The molecular formula is C15H29N3O. The highest BCUT2D eigenvalue weighted by molar-refractivity contribution is 4.92. The number of hydrogen-bond acceptors (Lipinski definition) is 4. The lowest BCUT2D eigenvalue weighted by molar-refractivity contribution is -0.0442. The van der Waals surface area contributed by atoms with Crippen LogP contribution >= 0.6 is 0 Å². The zero-order chi connectivity index (χ0) is 13.2. The van der Waals surface area contributed by atoms with Crippen molar-refractivity contribution in [3.63, 3.8) is 0 Å². The predicted octanol–water partition coefficient (Wildman–Crippen LogP) is 0.494. The van der Waals surface area contributed by atoms with E-state index in [1.165, 1.54) is 32.7 Å². The highest BCUT2D eigenvalue weighted by Gasteiger charge is 2.37. The van der Waals surface area contributed by atoms with Crippen molar-refractivity contribution in [2.75, 3.05) is 59.0 Å². The van der Waals surface area contributed by atoms with Crippen molar-refractivity contribution in [1.82, 2.24) is 15.1 Å². The van der Waals surface area contributed by atoms with Crippen LogP contribution in [0.3, 0.4) is 0 Å². The maximum Gasteiger partial charge on any atom is 0.0829 e. The van der Waals surface area contributed by atoms with Crippen molar-refractivity contribution in [2.24, 2.45) is 17.8 Å². The van der Waals surface area contributed by atoms with Gasteiger partial charge in [-0.2, -0.15) is 0 Å². The smallest absolute Gasteiger partial charge is 0.0829 e. The van der Waals surface area contributed by atoms with E-state index in [0.29, 0.717) is 6.10 Å². The Morgan fingerprint density at radius 3 is 2.53 bits per heavy atom. The Morgan fingerprint density at radius 2 is 1.84 bits per heavy atom. The fourth-order valence-corrected chi connectivity index (χ4v) is 3.96. The van der Waals surface area contributed by atoms with E-state index in [-0.39, 0.29) is 0 Å². The molecule has 3 atom stereocenters. The van der Waals surface area contributed by atoms with E-state index in [9.17, 15) is 0 Å². The molecule has 3 saturated heterocycles. The first-order valence-electron chi connectivity index (χ1n) is 7.97. The Morgan fingerprint density at radius 1 is 1.11 bits per heavy atom. The zero-order valence-electron chi connectivity index (χ0n) is 12.5. The van der Waals surface area contributed by atoms with Crippen molar-refractivity contribution in [1.29, 1.82) is 0 Å². The number of fused-ring (bicyclic) bond motifs is 1. The molecule has 0 aromatic heterocycles. The van der Waals surface area contributed by atoms with Crippen LogP contribution in [0.1, 0.15) is 13.8 Å². The molecule has 0 spiro atoms. The molecule has 4 heteroatoms. The summed E-state index contributed by atoms with van der Waals surface area (Å²) in [7, 11) is 0. The third-order valence-corrected chi connectivity index (χ3v) is 4.77. The van der Waals surface area contributed by atoms with E-state index in [4.69, 9.17) is 4.74 Å². The van der Waals surface area contributed by atoms with Crippen LogP contribution in [-0.2, 0) is 4.74 Å². The SMILES string of the molecule is CC(C)CN1CCOC(CN2C[C@H]3CNC[C@H]3C2)C1. The minimum Gasteiger partial charge on any atom is -0.374 e. The lowest BCUT2D eigenvalue weighted by atomic mass is 10.0. The molecule has 0 bridgehead atoms. The quantitative estimate of drug-likeness (QED) is 0.802. The van der Waals surface area contributed by atoms with Gasteiger partial charge in [0.05, 0.1) is 12.7 Å².